The number of hydrogen-bond acceptors (Lipinski definition) is 4. The third-order valence-corrected chi connectivity index (χ3v) is 7.86. The van der Waals surface area contributed by atoms with Crippen LogP contribution in [0.15, 0.2) is 35.5 Å². The summed E-state index contributed by atoms with van der Waals surface area (Å²) in [7, 11) is 0. The standard InChI is InChI=1S/C22H29NO3/c1-13-10-18-16-5-4-14-11-15(24)6-8-21(14,2)17(16)7-9-22(18,3)20(13)19(25)12-26-23/h6-8,11,13,16,18,20H,4-5,9-10,12,23H2,1-3H3/t13-,16?,18?,20-,21+,22+/m1/s1. The Labute approximate surface area is 155 Å². The smallest absolute Gasteiger partial charge is 0.178 e. The highest BCUT2D eigenvalue weighted by atomic mass is 16.6. The maximum Gasteiger partial charge on any atom is 0.178 e. The number of ketones is 2. The molecule has 2 N–H and O–H groups in total. The van der Waals surface area contributed by atoms with E-state index in [0.717, 1.165) is 25.7 Å². The van der Waals surface area contributed by atoms with Crippen molar-refractivity contribution in [1.29, 1.82) is 0 Å². The first-order valence-corrected chi connectivity index (χ1v) is 9.80. The first kappa shape index (κ1) is 17.9. The number of carbonyl (C=O) groups excluding carboxylic acids is 2. The van der Waals surface area contributed by atoms with Crippen molar-refractivity contribution in [1.82, 2.24) is 0 Å². The zero-order valence-electron chi connectivity index (χ0n) is 16.0. The van der Waals surface area contributed by atoms with Gasteiger partial charge in [-0.15, -0.1) is 0 Å². The highest BCUT2D eigenvalue weighted by Gasteiger charge is 2.59. The molecule has 2 fully saturated rings. The topological polar surface area (TPSA) is 69.4 Å². The van der Waals surface area contributed by atoms with E-state index >= 15 is 0 Å². The first-order chi connectivity index (χ1) is 12.3. The summed E-state index contributed by atoms with van der Waals surface area (Å²) in [6.45, 7) is 6.76. The lowest BCUT2D eigenvalue weighted by Gasteiger charge is -2.52. The summed E-state index contributed by atoms with van der Waals surface area (Å²) in [4.78, 5) is 29.2. The molecule has 0 aromatic heterocycles. The molecule has 2 saturated carbocycles. The normalized spacial score (nSPS) is 43.9. The van der Waals surface area contributed by atoms with Gasteiger partial charge in [0.05, 0.1) is 0 Å². The quantitative estimate of drug-likeness (QED) is 0.621. The van der Waals surface area contributed by atoms with Crippen LogP contribution in [0.1, 0.15) is 46.5 Å². The zero-order valence-corrected chi connectivity index (χ0v) is 16.0. The molecule has 0 amide bonds. The van der Waals surface area contributed by atoms with Crippen LogP contribution in [0.25, 0.3) is 0 Å². The highest BCUT2D eigenvalue weighted by Crippen LogP contribution is 2.65. The summed E-state index contributed by atoms with van der Waals surface area (Å²) < 4.78 is 0. The van der Waals surface area contributed by atoms with Crippen LogP contribution in [-0.4, -0.2) is 18.2 Å². The van der Waals surface area contributed by atoms with E-state index in [4.69, 9.17) is 5.90 Å². The van der Waals surface area contributed by atoms with Gasteiger partial charge in [-0.2, -0.15) is 0 Å². The molecule has 0 aliphatic heterocycles. The van der Waals surface area contributed by atoms with Gasteiger partial charge in [-0.25, -0.2) is 5.90 Å². The Morgan fingerprint density at radius 1 is 1.38 bits per heavy atom. The van der Waals surface area contributed by atoms with E-state index in [9.17, 15) is 9.59 Å². The van der Waals surface area contributed by atoms with Gasteiger partial charge < -0.3 is 0 Å². The molecular weight excluding hydrogens is 326 g/mol. The fraction of sp³-hybridized carbons (Fsp3) is 0.636. The third-order valence-electron chi connectivity index (χ3n) is 7.86. The van der Waals surface area contributed by atoms with Crippen molar-refractivity contribution < 1.29 is 14.4 Å². The van der Waals surface area contributed by atoms with Gasteiger partial charge in [0.25, 0.3) is 0 Å². The average Bonchev–Trinajstić information content (AvgIpc) is 2.86. The molecule has 4 aliphatic carbocycles. The fourth-order valence-electron chi connectivity index (χ4n) is 6.75. The minimum absolute atomic E-state index is 0.00794. The minimum Gasteiger partial charge on any atom is -0.297 e. The van der Waals surface area contributed by atoms with Crippen LogP contribution < -0.4 is 5.90 Å². The SMILES string of the molecule is C[C@@H]1CC2C3CCC4=CC(=O)C=C[C@]4(C)C3=CC[C@]2(C)[C@H]1C(=O)CON. The zero-order chi connectivity index (χ0) is 18.7. The van der Waals surface area contributed by atoms with Crippen LogP contribution in [0.5, 0.6) is 0 Å². The van der Waals surface area contributed by atoms with Crippen LogP contribution >= 0.6 is 0 Å². The predicted molar refractivity (Wildman–Crippen MR) is 99.8 cm³/mol. The van der Waals surface area contributed by atoms with Crippen molar-refractivity contribution in [2.45, 2.75) is 46.5 Å². The van der Waals surface area contributed by atoms with Crippen LogP contribution in [0.3, 0.4) is 0 Å². The van der Waals surface area contributed by atoms with Crippen LogP contribution in [0.2, 0.25) is 0 Å². The van der Waals surface area contributed by atoms with Crippen LogP contribution in [-0.2, 0) is 14.4 Å². The van der Waals surface area contributed by atoms with Gasteiger partial charge in [-0.1, -0.05) is 37.1 Å². The van der Waals surface area contributed by atoms with Gasteiger partial charge >= 0.3 is 0 Å². The number of nitrogens with two attached hydrogens (primary N) is 1. The largest absolute Gasteiger partial charge is 0.297 e. The average molecular weight is 355 g/mol. The van der Waals surface area contributed by atoms with Gasteiger partial charge in [0.15, 0.2) is 11.6 Å². The molecule has 6 atom stereocenters. The second-order valence-corrected chi connectivity index (χ2v) is 9.20. The molecule has 26 heavy (non-hydrogen) atoms. The summed E-state index contributed by atoms with van der Waals surface area (Å²) in [6.07, 6.45) is 12.1. The van der Waals surface area contributed by atoms with Crippen molar-refractivity contribution in [2.75, 3.05) is 6.61 Å². The molecule has 2 unspecified atom stereocenters. The summed E-state index contributed by atoms with van der Waals surface area (Å²) in [5.41, 5.74) is 2.58. The second kappa shape index (κ2) is 6.00. The molecule has 0 heterocycles. The maximum atomic E-state index is 12.7. The van der Waals surface area contributed by atoms with Crippen molar-refractivity contribution in [2.24, 2.45) is 40.4 Å². The highest BCUT2D eigenvalue weighted by molar-refractivity contribution is 6.01. The molecule has 0 radical (unpaired) electrons. The predicted octanol–water partition coefficient (Wildman–Crippen LogP) is 3.54. The number of hydrogen-bond donors (Lipinski definition) is 1. The van der Waals surface area contributed by atoms with Crippen LogP contribution in [0.4, 0.5) is 0 Å². The third kappa shape index (κ3) is 2.35. The molecule has 0 spiro atoms. The molecule has 4 rings (SSSR count). The number of rotatable bonds is 3. The van der Waals surface area contributed by atoms with E-state index < -0.39 is 0 Å². The summed E-state index contributed by atoms with van der Waals surface area (Å²) in [5.74, 6) is 6.82. The monoisotopic (exact) mass is 355 g/mol. The van der Waals surface area contributed by atoms with Gasteiger partial charge in [0, 0.05) is 11.3 Å². The Morgan fingerprint density at radius 2 is 2.15 bits per heavy atom. The van der Waals surface area contributed by atoms with E-state index in [0.29, 0.717) is 17.8 Å². The van der Waals surface area contributed by atoms with Crippen LogP contribution in [0, 0.1) is 34.5 Å². The molecule has 0 aromatic rings. The number of Topliss-reactive ketones (excluding diaryl/α,β-unsaturated/α-hetero) is 1. The van der Waals surface area contributed by atoms with E-state index in [1.807, 2.05) is 6.08 Å². The molecule has 4 heteroatoms. The second-order valence-electron chi connectivity index (χ2n) is 9.20. The molecule has 140 valence electrons. The van der Waals surface area contributed by atoms with E-state index in [2.05, 4.69) is 37.8 Å². The fourth-order valence-corrected chi connectivity index (χ4v) is 6.75. The molecular formula is C22H29NO3. The van der Waals surface area contributed by atoms with Crippen molar-refractivity contribution in [3.05, 3.63) is 35.5 Å². The Morgan fingerprint density at radius 3 is 2.88 bits per heavy atom. The lowest BCUT2D eigenvalue weighted by molar-refractivity contribution is -0.133. The van der Waals surface area contributed by atoms with Gasteiger partial charge in [-0.05, 0) is 67.9 Å². The Hall–Kier alpha value is -1.52. The lowest BCUT2D eigenvalue weighted by Crippen LogP contribution is -2.45. The minimum atomic E-state index is -0.121. The summed E-state index contributed by atoms with van der Waals surface area (Å²) >= 11 is 0. The van der Waals surface area contributed by atoms with E-state index in [1.54, 1.807) is 6.08 Å². The van der Waals surface area contributed by atoms with E-state index in [1.165, 1.54) is 11.1 Å². The molecule has 4 aliphatic rings. The Kier molecular flexibility index (Phi) is 4.12. The van der Waals surface area contributed by atoms with Gasteiger partial charge in [0.2, 0.25) is 0 Å². The molecule has 0 aromatic carbocycles. The first-order valence-electron chi connectivity index (χ1n) is 9.80. The van der Waals surface area contributed by atoms with E-state index in [-0.39, 0.29) is 34.9 Å². The number of fused-ring (bicyclic) bond motifs is 5. The number of carbonyl (C=O) groups is 2. The van der Waals surface area contributed by atoms with Gasteiger partial charge in [0.1, 0.15) is 6.61 Å². The Bertz CT molecular complexity index is 748. The van der Waals surface area contributed by atoms with Crippen molar-refractivity contribution >= 4 is 11.6 Å². The Balaban J connectivity index is 1.72. The summed E-state index contributed by atoms with van der Waals surface area (Å²) in [6, 6.07) is 0. The number of allylic oxidation sites excluding steroid dienone is 6. The lowest BCUT2D eigenvalue weighted by atomic mass is 9.52. The molecule has 0 bridgehead atoms. The summed E-state index contributed by atoms with van der Waals surface area (Å²) in [5, 5.41) is 0. The molecule has 4 nitrogen and oxygen atoms in total. The van der Waals surface area contributed by atoms with Gasteiger partial charge in [-0.3, -0.25) is 14.4 Å². The van der Waals surface area contributed by atoms with Crippen molar-refractivity contribution in [3.8, 4) is 0 Å². The molecule has 0 saturated heterocycles. The van der Waals surface area contributed by atoms with Crippen molar-refractivity contribution in [3.63, 3.8) is 0 Å². The maximum absolute atomic E-state index is 12.7.